The molecule has 3 rings (SSSR count). The highest BCUT2D eigenvalue weighted by molar-refractivity contribution is 6.42. The summed E-state index contributed by atoms with van der Waals surface area (Å²) < 4.78 is 11.2. The third kappa shape index (κ3) is 3.59. The molecule has 1 aromatic carbocycles. The summed E-state index contributed by atoms with van der Waals surface area (Å²) in [7, 11) is 0. The number of nitrogens with zero attached hydrogens (tertiary/aromatic N) is 1. The highest BCUT2D eigenvalue weighted by Gasteiger charge is 2.33. The lowest BCUT2D eigenvalue weighted by molar-refractivity contribution is 0.0422. The summed E-state index contributed by atoms with van der Waals surface area (Å²) >= 11 is 12.0. The van der Waals surface area contributed by atoms with Crippen LogP contribution < -0.4 is 10.1 Å². The fourth-order valence-electron chi connectivity index (χ4n) is 2.55. The fourth-order valence-corrected chi connectivity index (χ4v) is 2.89. The highest BCUT2D eigenvalue weighted by Crippen LogP contribution is 2.33. The van der Waals surface area contributed by atoms with Gasteiger partial charge in [-0.2, -0.15) is 0 Å². The number of carbonyl (C=O) groups excluding carboxylic acids is 1. The van der Waals surface area contributed by atoms with Crippen LogP contribution in [-0.2, 0) is 4.74 Å². The molecular formula is C15H18Cl2N2O3. The molecule has 2 aliphatic heterocycles. The Balaban J connectivity index is 1.41. The monoisotopic (exact) mass is 344 g/mol. The van der Waals surface area contributed by atoms with Crippen LogP contribution in [0.2, 0.25) is 10.0 Å². The molecule has 0 spiro atoms. The molecule has 0 bridgehead atoms. The van der Waals surface area contributed by atoms with E-state index in [9.17, 15) is 4.79 Å². The van der Waals surface area contributed by atoms with Crippen molar-refractivity contribution in [3.8, 4) is 5.75 Å². The number of carbonyl (C=O) groups is 1. The number of hydrogen-bond donors (Lipinski definition) is 1. The van der Waals surface area contributed by atoms with E-state index in [4.69, 9.17) is 32.7 Å². The van der Waals surface area contributed by atoms with E-state index in [2.05, 4.69) is 5.32 Å². The Morgan fingerprint density at radius 1 is 1.41 bits per heavy atom. The zero-order valence-electron chi connectivity index (χ0n) is 12.1. The second kappa shape index (κ2) is 6.94. The van der Waals surface area contributed by atoms with Gasteiger partial charge < -0.3 is 19.7 Å². The van der Waals surface area contributed by atoms with E-state index in [1.165, 1.54) is 0 Å². The van der Waals surface area contributed by atoms with Gasteiger partial charge in [-0.05, 0) is 25.0 Å². The van der Waals surface area contributed by atoms with Crippen LogP contribution >= 0.6 is 23.2 Å². The molecule has 120 valence electrons. The van der Waals surface area contributed by atoms with Crippen LogP contribution in [0.4, 0.5) is 4.79 Å². The predicted molar refractivity (Wildman–Crippen MR) is 84.8 cm³/mol. The van der Waals surface area contributed by atoms with Gasteiger partial charge in [0.2, 0.25) is 0 Å². The van der Waals surface area contributed by atoms with Crippen molar-refractivity contribution in [3.63, 3.8) is 0 Å². The topological polar surface area (TPSA) is 50.8 Å². The Hall–Kier alpha value is -1.17. The van der Waals surface area contributed by atoms with Crippen molar-refractivity contribution in [2.45, 2.75) is 25.0 Å². The van der Waals surface area contributed by atoms with Gasteiger partial charge in [0.1, 0.15) is 16.9 Å². The maximum absolute atomic E-state index is 12.0. The lowest BCUT2D eigenvalue weighted by Crippen LogP contribution is -2.59. The van der Waals surface area contributed by atoms with E-state index in [-0.39, 0.29) is 18.2 Å². The van der Waals surface area contributed by atoms with E-state index in [0.29, 0.717) is 35.4 Å². The lowest BCUT2D eigenvalue weighted by Gasteiger charge is -2.39. The zero-order chi connectivity index (χ0) is 15.5. The maximum atomic E-state index is 12.0. The molecule has 1 atom stereocenters. The van der Waals surface area contributed by atoms with Crippen molar-refractivity contribution in [2.75, 3.05) is 26.2 Å². The molecule has 7 heteroatoms. The second-order valence-electron chi connectivity index (χ2n) is 5.52. The number of urea groups is 1. The van der Waals surface area contributed by atoms with Crippen molar-refractivity contribution >= 4 is 29.2 Å². The Kier molecular flexibility index (Phi) is 4.96. The Labute approximate surface area is 139 Å². The van der Waals surface area contributed by atoms with Crippen molar-refractivity contribution in [2.24, 2.45) is 0 Å². The van der Waals surface area contributed by atoms with Crippen LogP contribution in [0.5, 0.6) is 5.75 Å². The van der Waals surface area contributed by atoms with Crippen molar-refractivity contribution in [1.82, 2.24) is 10.2 Å². The quantitative estimate of drug-likeness (QED) is 0.913. The molecule has 0 aliphatic carbocycles. The molecule has 0 radical (unpaired) electrons. The molecule has 22 heavy (non-hydrogen) atoms. The highest BCUT2D eigenvalue weighted by atomic mass is 35.5. The van der Waals surface area contributed by atoms with Gasteiger partial charge in [-0.1, -0.05) is 29.3 Å². The Morgan fingerprint density at radius 2 is 2.23 bits per heavy atom. The van der Waals surface area contributed by atoms with Gasteiger partial charge >= 0.3 is 6.03 Å². The molecule has 0 aromatic heterocycles. The third-order valence-corrected chi connectivity index (χ3v) is 4.65. The number of amides is 2. The molecule has 2 saturated heterocycles. The number of halogens is 2. The van der Waals surface area contributed by atoms with Gasteiger partial charge in [0.05, 0.1) is 24.2 Å². The number of hydrogen-bond acceptors (Lipinski definition) is 3. The average Bonchev–Trinajstić information content (AvgIpc) is 2.97. The van der Waals surface area contributed by atoms with Gasteiger partial charge in [0, 0.05) is 13.2 Å². The van der Waals surface area contributed by atoms with Crippen molar-refractivity contribution < 1.29 is 14.3 Å². The summed E-state index contributed by atoms with van der Waals surface area (Å²) in [6.45, 7) is 2.45. The van der Waals surface area contributed by atoms with Crippen LogP contribution in [0.1, 0.15) is 12.8 Å². The zero-order valence-corrected chi connectivity index (χ0v) is 13.6. The number of ether oxygens (including phenoxy) is 2. The number of likely N-dealkylation sites (tertiary alicyclic amines) is 1. The first-order chi connectivity index (χ1) is 10.6. The molecule has 2 aliphatic rings. The molecule has 1 aromatic rings. The van der Waals surface area contributed by atoms with Crippen molar-refractivity contribution in [1.29, 1.82) is 0 Å². The lowest BCUT2D eigenvalue weighted by atomic mass is 10.2. The maximum Gasteiger partial charge on any atom is 0.317 e. The molecule has 1 unspecified atom stereocenters. The Morgan fingerprint density at radius 3 is 2.95 bits per heavy atom. The molecule has 2 amide bonds. The van der Waals surface area contributed by atoms with Crippen LogP contribution in [0, 0.1) is 0 Å². The Bertz CT molecular complexity index is 544. The normalized spacial score (nSPS) is 21.5. The van der Waals surface area contributed by atoms with Crippen molar-refractivity contribution in [3.05, 3.63) is 28.2 Å². The minimum Gasteiger partial charge on any atom is -0.485 e. The van der Waals surface area contributed by atoms with Gasteiger partial charge in [-0.25, -0.2) is 4.79 Å². The predicted octanol–water partition coefficient (Wildman–Crippen LogP) is 2.95. The summed E-state index contributed by atoms with van der Waals surface area (Å²) in [6.07, 6.45) is 2.19. The number of benzene rings is 1. The first-order valence-electron chi connectivity index (χ1n) is 7.38. The van der Waals surface area contributed by atoms with E-state index in [1.54, 1.807) is 23.1 Å². The minimum atomic E-state index is -0.0764. The smallest absolute Gasteiger partial charge is 0.317 e. The summed E-state index contributed by atoms with van der Waals surface area (Å²) in [5, 5.41) is 3.76. The fraction of sp³-hybridized carbons (Fsp3) is 0.533. The first kappa shape index (κ1) is 15.7. The van der Waals surface area contributed by atoms with Crippen LogP contribution in [0.25, 0.3) is 0 Å². The molecule has 2 fully saturated rings. The number of nitrogens with one attached hydrogen (secondary N) is 1. The van der Waals surface area contributed by atoms with E-state index in [1.807, 2.05) is 0 Å². The SMILES string of the molecule is O=C(NCC1CCCO1)N1CC(Oc2cccc(Cl)c2Cl)C1. The summed E-state index contributed by atoms with van der Waals surface area (Å²) in [5.41, 5.74) is 0. The molecule has 5 nitrogen and oxygen atoms in total. The van der Waals surface area contributed by atoms with Gasteiger partial charge in [0.15, 0.2) is 0 Å². The molecule has 1 N–H and O–H groups in total. The average molecular weight is 345 g/mol. The number of rotatable bonds is 4. The van der Waals surface area contributed by atoms with Gasteiger partial charge in [-0.3, -0.25) is 0 Å². The van der Waals surface area contributed by atoms with Crippen LogP contribution in [-0.4, -0.2) is 49.4 Å². The first-order valence-corrected chi connectivity index (χ1v) is 8.14. The largest absolute Gasteiger partial charge is 0.485 e. The molecular weight excluding hydrogens is 327 g/mol. The minimum absolute atomic E-state index is 0.0514. The summed E-state index contributed by atoms with van der Waals surface area (Å²) in [5.74, 6) is 0.554. The van der Waals surface area contributed by atoms with E-state index in [0.717, 1.165) is 19.4 Å². The third-order valence-electron chi connectivity index (χ3n) is 3.85. The summed E-state index contributed by atoms with van der Waals surface area (Å²) in [6, 6.07) is 5.19. The second-order valence-corrected chi connectivity index (χ2v) is 6.30. The standard InChI is InChI=1S/C15H18Cl2N2O3/c16-12-4-1-5-13(14(12)17)22-11-8-19(9-11)15(20)18-7-10-3-2-6-21-10/h1,4-5,10-11H,2-3,6-9H2,(H,18,20). The van der Waals surface area contributed by atoms with E-state index < -0.39 is 0 Å². The summed E-state index contributed by atoms with van der Waals surface area (Å²) in [4.78, 5) is 13.7. The van der Waals surface area contributed by atoms with Gasteiger partial charge in [-0.15, -0.1) is 0 Å². The van der Waals surface area contributed by atoms with E-state index >= 15 is 0 Å². The van der Waals surface area contributed by atoms with Gasteiger partial charge in [0.25, 0.3) is 0 Å². The molecule has 2 heterocycles. The molecule has 0 saturated carbocycles. The van der Waals surface area contributed by atoms with Crippen LogP contribution in [0.3, 0.4) is 0 Å². The van der Waals surface area contributed by atoms with Crippen LogP contribution in [0.15, 0.2) is 18.2 Å².